The van der Waals surface area contributed by atoms with E-state index in [1.807, 2.05) is 24.3 Å². The first-order chi connectivity index (χ1) is 10.6. The topological polar surface area (TPSA) is 72.8 Å². The van der Waals surface area contributed by atoms with Crippen LogP contribution in [0.25, 0.3) is 0 Å². The van der Waals surface area contributed by atoms with E-state index in [9.17, 15) is 15.0 Å². The van der Waals surface area contributed by atoms with Gasteiger partial charge in [0.1, 0.15) is 6.10 Å². The van der Waals surface area contributed by atoms with E-state index >= 15 is 0 Å². The van der Waals surface area contributed by atoms with Crippen LogP contribution < -0.4 is 10.2 Å². The van der Waals surface area contributed by atoms with Gasteiger partial charge in [0.2, 0.25) is 0 Å². The summed E-state index contributed by atoms with van der Waals surface area (Å²) in [6.07, 6.45) is -1.39. The van der Waals surface area contributed by atoms with Gasteiger partial charge in [-0.3, -0.25) is 4.79 Å². The van der Waals surface area contributed by atoms with Crippen LogP contribution in [-0.2, 0) is 4.79 Å². The van der Waals surface area contributed by atoms with Crippen LogP contribution in [0.5, 0.6) is 0 Å². The molecule has 1 heterocycles. The number of thioether (sulfide) groups is 1. The second-order valence-electron chi connectivity index (χ2n) is 5.47. The number of hydrogen-bond acceptors (Lipinski definition) is 6. The van der Waals surface area contributed by atoms with Crippen LogP contribution >= 0.6 is 11.8 Å². The van der Waals surface area contributed by atoms with Crippen LogP contribution in [0.15, 0.2) is 24.3 Å². The lowest BCUT2D eigenvalue weighted by atomic mass is 10.0. The Labute approximate surface area is 135 Å². The summed E-state index contributed by atoms with van der Waals surface area (Å²) < 4.78 is 0. The molecule has 0 aromatic heterocycles. The molecule has 2 atom stereocenters. The highest BCUT2D eigenvalue weighted by Crippen LogP contribution is 2.25. The van der Waals surface area contributed by atoms with E-state index < -0.39 is 12.2 Å². The van der Waals surface area contributed by atoms with Gasteiger partial charge in [-0.25, -0.2) is 0 Å². The third-order valence-corrected chi connectivity index (χ3v) is 4.62. The smallest absolute Gasteiger partial charge is 0.185 e. The Bertz CT molecular complexity index is 492. The molecule has 1 aromatic carbocycles. The van der Waals surface area contributed by atoms with Crippen molar-refractivity contribution in [3.8, 4) is 0 Å². The number of anilines is 1. The summed E-state index contributed by atoms with van der Waals surface area (Å²) in [7, 11) is 0. The zero-order valence-corrected chi connectivity index (χ0v) is 13.7. The van der Waals surface area contributed by atoms with Gasteiger partial charge in [0.15, 0.2) is 5.12 Å². The van der Waals surface area contributed by atoms with Crippen LogP contribution in [0.4, 0.5) is 5.69 Å². The van der Waals surface area contributed by atoms with Gasteiger partial charge in [0, 0.05) is 44.5 Å². The fourth-order valence-electron chi connectivity index (χ4n) is 2.53. The standard InChI is InChI=1S/C16H24N2O3S/c1-12(19)22-10-5-15(20)16(21)13-3-2-4-14(11-13)18-8-6-17-7-9-18/h2-4,11,15-17,20-21H,5-10H2,1H3. The molecule has 0 radical (unpaired) electrons. The molecule has 0 spiro atoms. The van der Waals surface area contributed by atoms with Crippen molar-refractivity contribution in [2.24, 2.45) is 0 Å². The fraction of sp³-hybridized carbons (Fsp3) is 0.562. The maximum Gasteiger partial charge on any atom is 0.185 e. The lowest BCUT2D eigenvalue weighted by Gasteiger charge is -2.30. The third-order valence-electron chi connectivity index (χ3n) is 3.78. The summed E-state index contributed by atoms with van der Waals surface area (Å²) in [4.78, 5) is 13.2. The molecular formula is C16H24N2O3S. The Kier molecular flexibility index (Phi) is 6.70. The molecule has 22 heavy (non-hydrogen) atoms. The van der Waals surface area contributed by atoms with Crippen molar-refractivity contribution in [3.05, 3.63) is 29.8 Å². The quantitative estimate of drug-likeness (QED) is 0.729. The number of nitrogens with zero attached hydrogens (tertiary/aromatic N) is 1. The van der Waals surface area contributed by atoms with Crippen molar-refractivity contribution in [2.45, 2.75) is 25.6 Å². The van der Waals surface area contributed by atoms with E-state index in [2.05, 4.69) is 10.2 Å². The highest BCUT2D eigenvalue weighted by atomic mass is 32.2. The first kappa shape index (κ1) is 17.3. The number of carbonyl (C=O) groups is 1. The average molecular weight is 324 g/mol. The summed E-state index contributed by atoms with van der Waals surface area (Å²) in [6, 6.07) is 7.71. The number of rotatable bonds is 6. The molecule has 0 bridgehead atoms. The summed E-state index contributed by atoms with van der Waals surface area (Å²) in [5.74, 6) is 0.519. The maximum atomic E-state index is 10.9. The second kappa shape index (κ2) is 8.53. The Balaban J connectivity index is 1.96. The van der Waals surface area contributed by atoms with E-state index in [1.54, 1.807) is 0 Å². The van der Waals surface area contributed by atoms with E-state index in [4.69, 9.17) is 0 Å². The van der Waals surface area contributed by atoms with E-state index in [0.717, 1.165) is 37.4 Å². The molecule has 1 aromatic rings. The Morgan fingerprint density at radius 2 is 2.09 bits per heavy atom. The summed E-state index contributed by atoms with van der Waals surface area (Å²) in [5.41, 5.74) is 1.79. The molecule has 1 fully saturated rings. The van der Waals surface area contributed by atoms with Gasteiger partial charge in [-0.2, -0.15) is 0 Å². The zero-order chi connectivity index (χ0) is 15.9. The summed E-state index contributed by atoms with van der Waals surface area (Å²) in [6.45, 7) is 5.30. The molecule has 1 aliphatic rings. The van der Waals surface area contributed by atoms with E-state index in [-0.39, 0.29) is 5.12 Å². The highest BCUT2D eigenvalue weighted by Gasteiger charge is 2.20. The molecular weight excluding hydrogens is 300 g/mol. The van der Waals surface area contributed by atoms with Crippen molar-refractivity contribution in [3.63, 3.8) is 0 Å². The van der Waals surface area contributed by atoms with Crippen LogP contribution in [0, 0.1) is 0 Å². The Morgan fingerprint density at radius 1 is 1.36 bits per heavy atom. The molecule has 6 heteroatoms. The minimum atomic E-state index is -0.921. The molecule has 0 amide bonds. The number of hydrogen-bond donors (Lipinski definition) is 3. The first-order valence-electron chi connectivity index (χ1n) is 7.63. The lowest BCUT2D eigenvalue weighted by Crippen LogP contribution is -2.43. The summed E-state index contributed by atoms with van der Waals surface area (Å²) >= 11 is 1.17. The highest BCUT2D eigenvalue weighted by molar-refractivity contribution is 8.13. The Morgan fingerprint density at radius 3 is 2.77 bits per heavy atom. The number of piperazine rings is 1. The molecule has 2 rings (SSSR count). The summed E-state index contributed by atoms with van der Waals surface area (Å²) in [5, 5.41) is 23.7. The van der Waals surface area contributed by atoms with Gasteiger partial charge >= 0.3 is 0 Å². The minimum Gasteiger partial charge on any atom is -0.390 e. The van der Waals surface area contributed by atoms with Crippen LogP contribution in [0.1, 0.15) is 25.0 Å². The maximum absolute atomic E-state index is 10.9. The molecule has 3 N–H and O–H groups in total. The van der Waals surface area contributed by atoms with Gasteiger partial charge in [0.25, 0.3) is 0 Å². The number of benzene rings is 1. The predicted molar refractivity (Wildman–Crippen MR) is 90.2 cm³/mol. The van der Waals surface area contributed by atoms with Crippen LogP contribution in [0.3, 0.4) is 0 Å². The molecule has 0 aliphatic carbocycles. The largest absolute Gasteiger partial charge is 0.390 e. The predicted octanol–water partition coefficient (Wildman–Crippen LogP) is 1.16. The number of aliphatic hydroxyl groups is 2. The number of carbonyl (C=O) groups excluding carboxylic acids is 1. The molecule has 122 valence electrons. The third kappa shape index (κ3) is 4.98. The molecule has 2 unspecified atom stereocenters. The van der Waals surface area contributed by atoms with Crippen molar-refractivity contribution in [2.75, 3.05) is 36.8 Å². The molecule has 1 saturated heterocycles. The number of aliphatic hydroxyl groups excluding tert-OH is 2. The SMILES string of the molecule is CC(=O)SCCC(O)C(O)c1cccc(N2CCNCC2)c1. The minimum absolute atomic E-state index is 0.0300. The zero-order valence-electron chi connectivity index (χ0n) is 12.9. The van der Waals surface area contributed by atoms with Crippen molar-refractivity contribution >= 4 is 22.6 Å². The van der Waals surface area contributed by atoms with Gasteiger partial charge in [-0.1, -0.05) is 23.9 Å². The molecule has 1 aliphatic heterocycles. The monoisotopic (exact) mass is 324 g/mol. The van der Waals surface area contributed by atoms with Crippen molar-refractivity contribution < 1.29 is 15.0 Å². The second-order valence-corrected chi connectivity index (χ2v) is 6.74. The normalized spacial score (nSPS) is 18.0. The van der Waals surface area contributed by atoms with Gasteiger partial charge < -0.3 is 20.4 Å². The van der Waals surface area contributed by atoms with E-state index in [1.165, 1.54) is 18.7 Å². The van der Waals surface area contributed by atoms with Crippen molar-refractivity contribution in [1.29, 1.82) is 0 Å². The lowest BCUT2D eigenvalue weighted by molar-refractivity contribution is -0.109. The van der Waals surface area contributed by atoms with Gasteiger partial charge in [-0.15, -0.1) is 0 Å². The first-order valence-corrected chi connectivity index (χ1v) is 8.61. The van der Waals surface area contributed by atoms with Crippen LogP contribution in [-0.4, -0.2) is 53.4 Å². The average Bonchev–Trinajstić information content (AvgIpc) is 2.54. The van der Waals surface area contributed by atoms with Gasteiger partial charge in [0.05, 0.1) is 6.10 Å². The molecule has 0 saturated carbocycles. The molecule has 5 nitrogen and oxygen atoms in total. The van der Waals surface area contributed by atoms with E-state index in [0.29, 0.717) is 12.2 Å². The Hall–Kier alpha value is -1.08. The van der Waals surface area contributed by atoms with Crippen molar-refractivity contribution in [1.82, 2.24) is 5.32 Å². The van der Waals surface area contributed by atoms with Crippen LogP contribution in [0.2, 0.25) is 0 Å². The van der Waals surface area contributed by atoms with Gasteiger partial charge in [-0.05, 0) is 24.1 Å². The number of nitrogens with one attached hydrogen (secondary N) is 1. The fourth-order valence-corrected chi connectivity index (χ4v) is 3.18.